The van der Waals surface area contributed by atoms with Gasteiger partial charge in [-0.2, -0.15) is 0 Å². The summed E-state index contributed by atoms with van der Waals surface area (Å²) in [4.78, 5) is 11.7. The van der Waals surface area contributed by atoms with Crippen molar-refractivity contribution in [3.05, 3.63) is 65.5 Å². The molecule has 2 aromatic carbocycles. The highest BCUT2D eigenvalue weighted by atomic mass is 19.3. The van der Waals surface area contributed by atoms with E-state index in [1.807, 2.05) is 0 Å². The predicted molar refractivity (Wildman–Crippen MR) is 71.7 cm³/mol. The third kappa shape index (κ3) is 4.08. The van der Waals surface area contributed by atoms with Crippen molar-refractivity contribution in [2.24, 2.45) is 0 Å². The molecule has 0 saturated carbocycles. The van der Waals surface area contributed by atoms with Gasteiger partial charge in [0.2, 0.25) is 0 Å². The van der Waals surface area contributed by atoms with Crippen molar-refractivity contribution in [1.82, 2.24) is 0 Å². The normalized spacial score (nSPS) is 11.2. The highest BCUT2D eigenvalue weighted by Crippen LogP contribution is 2.28. The Morgan fingerprint density at radius 3 is 2.43 bits per heavy atom. The lowest BCUT2D eigenvalue weighted by molar-refractivity contribution is -0.133. The van der Waals surface area contributed by atoms with Gasteiger partial charge >= 0.3 is 5.97 Å². The van der Waals surface area contributed by atoms with E-state index >= 15 is 0 Å². The molecule has 0 bridgehead atoms. The van der Waals surface area contributed by atoms with Crippen LogP contribution in [0.15, 0.2) is 48.5 Å². The van der Waals surface area contributed by atoms with Gasteiger partial charge in [-0.25, -0.2) is 13.2 Å². The number of hydrogen-bond donors (Lipinski definition) is 0. The second kappa shape index (κ2) is 5.99. The summed E-state index contributed by atoms with van der Waals surface area (Å²) in [6.45, 7) is 0.715. The van der Waals surface area contributed by atoms with E-state index in [0.29, 0.717) is 12.7 Å². The second-order valence-electron chi connectivity index (χ2n) is 4.66. The maximum Gasteiger partial charge on any atom is 0.315 e. The molecule has 2 nitrogen and oxygen atoms in total. The number of ether oxygens (including phenoxy) is 1. The van der Waals surface area contributed by atoms with Gasteiger partial charge in [0.1, 0.15) is 11.6 Å². The van der Waals surface area contributed by atoms with Crippen LogP contribution < -0.4 is 4.74 Å². The van der Waals surface area contributed by atoms with Crippen molar-refractivity contribution >= 4 is 5.97 Å². The Balaban J connectivity index is 2.14. The molecular weight excluding hydrogens is 281 g/mol. The predicted octanol–water partition coefficient (Wildman–Crippen LogP) is 4.09. The molecule has 0 aromatic heterocycles. The number of benzene rings is 2. The van der Waals surface area contributed by atoms with E-state index in [2.05, 4.69) is 0 Å². The van der Waals surface area contributed by atoms with Gasteiger partial charge in [-0.3, -0.25) is 4.79 Å². The van der Waals surface area contributed by atoms with Crippen LogP contribution in [-0.2, 0) is 17.1 Å². The summed E-state index contributed by atoms with van der Waals surface area (Å²) < 4.78 is 45.0. The number of rotatable bonds is 4. The molecule has 0 aliphatic rings. The number of alkyl halides is 2. The molecule has 0 aliphatic heterocycles. The fraction of sp³-hybridized carbons (Fsp3) is 0.188. The molecule has 110 valence electrons. The van der Waals surface area contributed by atoms with Gasteiger partial charge in [-0.15, -0.1) is 0 Å². The summed E-state index contributed by atoms with van der Waals surface area (Å²) in [6, 6.07) is 11.2. The molecule has 0 aliphatic carbocycles. The van der Waals surface area contributed by atoms with Gasteiger partial charge in [0, 0.05) is 12.5 Å². The number of para-hydroxylation sites is 1. The Bertz CT molecular complexity index is 634. The first kappa shape index (κ1) is 15.1. The molecule has 2 aromatic rings. The number of carbonyl (C=O) groups is 1. The van der Waals surface area contributed by atoms with E-state index in [9.17, 15) is 18.0 Å². The maximum atomic E-state index is 13.6. The van der Waals surface area contributed by atoms with Gasteiger partial charge in [0.05, 0.1) is 6.42 Å². The molecule has 0 fully saturated rings. The molecule has 2 rings (SSSR count). The quantitative estimate of drug-likeness (QED) is 0.627. The average molecular weight is 294 g/mol. The average Bonchev–Trinajstić information content (AvgIpc) is 2.41. The van der Waals surface area contributed by atoms with Gasteiger partial charge in [0.25, 0.3) is 5.92 Å². The fourth-order valence-corrected chi connectivity index (χ4v) is 1.79. The molecule has 0 saturated heterocycles. The fourth-order valence-electron chi connectivity index (χ4n) is 1.79. The van der Waals surface area contributed by atoms with Crippen LogP contribution in [0.1, 0.15) is 18.1 Å². The molecule has 0 N–H and O–H groups in total. The number of halogens is 3. The molecule has 0 radical (unpaired) electrons. The molecule has 0 spiro atoms. The second-order valence-corrected chi connectivity index (χ2v) is 4.66. The molecule has 0 unspecified atom stereocenters. The first-order valence-corrected chi connectivity index (χ1v) is 6.29. The van der Waals surface area contributed by atoms with Crippen molar-refractivity contribution in [2.45, 2.75) is 19.3 Å². The van der Waals surface area contributed by atoms with Crippen LogP contribution in [0.25, 0.3) is 0 Å². The van der Waals surface area contributed by atoms with Crippen LogP contribution in [0, 0.1) is 5.82 Å². The molecule has 0 amide bonds. The minimum absolute atomic E-state index is 0.116. The lowest BCUT2D eigenvalue weighted by Gasteiger charge is -2.12. The highest BCUT2D eigenvalue weighted by Gasteiger charge is 2.25. The van der Waals surface area contributed by atoms with Crippen LogP contribution in [0.3, 0.4) is 0 Å². The standard InChI is InChI=1S/C16H13F3O2/c1-16(18,19)12-7-8-14(17)11(9-12)10-15(20)21-13-5-3-2-4-6-13/h2-9H,10H2,1H3. The first-order valence-electron chi connectivity index (χ1n) is 6.29. The summed E-state index contributed by atoms with van der Waals surface area (Å²) in [7, 11) is 0. The van der Waals surface area contributed by atoms with Crippen LogP contribution in [0.2, 0.25) is 0 Å². The summed E-state index contributed by atoms with van der Waals surface area (Å²) in [5, 5.41) is 0. The number of hydrogen-bond acceptors (Lipinski definition) is 2. The topological polar surface area (TPSA) is 26.3 Å². The molecule has 5 heteroatoms. The molecule has 21 heavy (non-hydrogen) atoms. The van der Waals surface area contributed by atoms with Gasteiger partial charge in [0.15, 0.2) is 0 Å². The first-order chi connectivity index (χ1) is 9.86. The Kier molecular flexibility index (Phi) is 4.31. The van der Waals surface area contributed by atoms with Crippen LogP contribution in [0.4, 0.5) is 13.2 Å². The Hall–Kier alpha value is -2.30. The largest absolute Gasteiger partial charge is 0.426 e. The minimum atomic E-state index is -3.09. The van der Waals surface area contributed by atoms with Gasteiger partial charge in [-0.05, 0) is 29.8 Å². The monoisotopic (exact) mass is 294 g/mol. The summed E-state index contributed by atoms with van der Waals surface area (Å²) in [5.74, 6) is -4.20. The van der Waals surface area contributed by atoms with Crippen molar-refractivity contribution in [2.75, 3.05) is 0 Å². The number of esters is 1. The molecular formula is C16H13F3O2. The minimum Gasteiger partial charge on any atom is -0.426 e. The van der Waals surface area contributed by atoms with E-state index in [4.69, 9.17) is 4.74 Å². The third-order valence-electron chi connectivity index (χ3n) is 2.86. The van der Waals surface area contributed by atoms with E-state index in [0.717, 1.165) is 18.2 Å². The third-order valence-corrected chi connectivity index (χ3v) is 2.86. The lowest BCUT2D eigenvalue weighted by atomic mass is 10.0. The van der Waals surface area contributed by atoms with Gasteiger partial charge < -0.3 is 4.74 Å². The SMILES string of the molecule is CC(F)(F)c1ccc(F)c(CC(=O)Oc2ccccc2)c1. The highest BCUT2D eigenvalue weighted by molar-refractivity contribution is 5.75. The van der Waals surface area contributed by atoms with Crippen LogP contribution in [0.5, 0.6) is 5.75 Å². The Morgan fingerprint density at radius 2 is 1.81 bits per heavy atom. The zero-order valence-corrected chi connectivity index (χ0v) is 11.3. The van der Waals surface area contributed by atoms with Crippen LogP contribution in [-0.4, -0.2) is 5.97 Å². The van der Waals surface area contributed by atoms with E-state index < -0.39 is 24.1 Å². The maximum absolute atomic E-state index is 13.6. The Morgan fingerprint density at radius 1 is 1.14 bits per heavy atom. The zero-order chi connectivity index (χ0) is 15.5. The lowest BCUT2D eigenvalue weighted by Crippen LogP contribution is -2.14. The summed E-state index contributed by atoms with van der Waals surface area (Å²) in [6.07, 6.45) is -0.412. The van der Waals surface area contributed by atoms with Crippen molar-refractivity contribution in [1.29, 1.82) is 0 Å². The zero-order valence-electron chi connectivity index (χ0n) is 11.3. The van der Waals surface area contributed by atoms with E-state index in [1.165, 1.54) is 0 Å². The molecule has 0 heterocycles. The number of carbonyl (C=O) groups excluding carboxylic acids is 1. The smallest absolute Gasteiger partial charge is 0.315 e. The van der Waals surface area contributed by atoms with Crippen molar-refractivity contribution in [3.63, 3.8) is 0 Å². The van der Waals surface area contributed by atoms with E-state index in [1.54, 1.807) is 30.3 Å². The van der Waals surface area contributed by atoms with E-state index in [-0.39, 0.29) is 11.1 Å². The van der Waals surface area contributed by atoms with Gasteiger partial charge in [-0.1, -0.05) is 24.3 Å². The van der Waals surface area contributed by atoms with Crippen molar-refractivity contribution < 1.29 is 22.7 Å². The summed E-state index contributed by atoms with van der Waals surface area (Å²) in [5.41, 5.74) is -0.457. The van der Waals surface area contributed by atoms with Crippen molar-refractivity contribution in [3.8, 4) is 5.75 Å². The molecule has 0 atom stereocenters. The Labute approximate surface area is 120 Å². The summed E-state index contributed by atoms with van der Waals surface area (Å²) >= 11 is 0. The van der Waals surface area contributed by atoms with Crippen LogP contribution >= 0.6 is 0 Å².